The van der Waals surface area contributed by atoms with Gasteiger partial charge in [0.1, 0.15) is 5.75 Å². The summed E-state index contributed by atoms with van der Waals surface area (Å²) >= 11 is 1.39. The van der Waals surface area contributed by atoms with Gasteiger partial charge in [-0.2, -0.15) is 0 Å². The Kier molecular flexibility index (Phi) is 4.30. The van der Waals surface area contributed by atoms with Crippen molar-refractivity contribution in [3.05, 3.63) is 48.0 Å². The van der Waals surface area contributed by atoms with E-state index in [9.17, 15) is 9.59 Å². The van der Waals surface area contributed by atoms with Gasteiger partial charge in [-0.3, -0.25) is 14.9 Å². The second-order valence-electron chi connectivity index (χ2n) is 6.01. The number of benzene rings is 2. The van der Waals surface area contributed by atoms with Gasteiger partial charge in [-0.1, -0.05) is 17.4 Å². The molecule has 7 heteroatoms. The van der Waals surface area contributed by atoms with E-state index in [1.807, 2.05) is 24.3 Å². The summed E-state index contributed by atoms with van der Waals surface area (Å²) in [6, 6.07) is 12.7. The maximum absolute atomic E-state index is 12.6. The molecule has 0 spiro atoms. The van der Waals surface area contributed by atoms with Crippen LogP contribution in [0.25, 0.3) is 10.2 Å². The number of aromatic nitrogens is 1. The van der Waals surface area contributed by atoms with Crippen LogP contribution in [-0.2, 0) is 4.79 Å². The van der Waals surface area contributed by atoms with Gasteiger partial charge in [-0.25, -0.2) is 4.98 Å². The molecule has 3 aromatic rings. The number of hydrogen-bond donors (Lipinski definition) is 1. The van der Waals surface area contributed by atoms with Crippen molar-refractivity contribution in [1.82, 2.24) is 4.98 Å². The third kappa shape index (κ3) is 3.13. The zero-order valence-corrected chi connectivity index (χ0v) is 15.0. The molecule has 2 heterocycles. The van der Waals surface area contributed by atoms with Crippen LogP contribution in [0.15, 0.2) is 42.5 Å². The van der Waals surface area contributed by atoms with Crippen molar-refractivity contribution >= 4 is 44.2 Å². The van der Waals surface area contributed by atoms with Crippen molar-refractivity contribution in [2.75, 3.05) is 23.9 Å². The minimum absolute atomic E-state index is 0.0997. The van der Waals surface area contributed by atoms with Crippen molar-refractivity contribution in [1.29, 1.82) is 0 Å². The Morgan fingerprint density at radius 2 is 2.15 bits per heavy atom. The minimum Gasteiger partial charge on any atom is -0.497 e. The summed E-state index contributed by atoms with van der Waals surface area (Å²) in [5, 5.41) is 3.37. The van der Waals surface area contributed by atoms with Crippen LogP contribution in [0, 0.1) is 0 Å². The van der Waals surface area contributed by atoms with Gasteiger partial charge in [0, 0.05) is 24.2 Å². The van der Waals surface area contributed by atoms with Gasteiger partial charge in [0.2, 0.25) is 5.91 Å². The molecule has 0 radical (unpaired) electrons. The lowest BCUT2D eigenvalue weighted by Gasteiger charge is -2.16. The molecule has 0 aliphatic carbocycles. The summed E-state index contributed by atoms with van der Waals surface area (Å²) in [6.45, 7) is 0.698. The first kappa shape index (κ1) is 16.5. The van der Waals surface area contributed by atoms with E-state index in [0.29, 0.717) is 23.7 Å². The number of nitrogens with one attached hydrogen (secondary N) is 1. The fourth-order valence-electron chi connectivity index (χ4n) is 2.99. The Labute approximate surface area is 154 Å². The van der Waals surface area contributed by atoms with Gasteiger partial charge in [-0.05, 0) is 42.8 Å². The third-order valence-corrected chi connectivity index (χ3v) is 5.24. The Bertz CT molecular complexity index is 999. The summed E-state index contributed by atoms with van der Waals surface area (Å²) in [6.07, 6.45) is 1.41. The van der Waals surface area contributed by atoms with Crippen molar-refractivity contribution in [3.8, 4) is 5.75 Å². The molecule has 1 N–H and O–H groups in total. The molecule has 0 atom stereocenters. The molecule has 0 bridgehead atoms. The Morgan fingerprint density at radius 1 is 1.27 bits per heavy atom. The topological polar surface area (TPSA) is 71.5 Å². The molecular formula is C19H17N3O3S. The number of hydrogen-bond acceptors (Lipinski definition) is 5. The lowest BCUT2D eigenvalue weighted by atomic mass is 10.2. The molecule has 1 aromatic heterocycles. The van der Waals surface area contributed by atoms with E-state index in [2.05, 4.69) is 10.3 Å². The number of amides is 2. The number of fused-ring (bicyclic) bond motifs is 1. The molecule has 1 saturated heterocycles. The first-order valence-electron chi connectivity index (χ1n) is 8.30. The molecule has 2 amide bonds. The number of nitrogens with zero attached hydrogens (tertiary/aromatic N) is 2. The number of anilines is 2. The minimum atomic E-state index is -0.246. The average molecular weight is 367 g/mol. The highest BCUT2D eigenvalue weighted by molar-refractivity contribution is 7.22. The first-order chi connectivity index (χ1) is 12.6. The maximum Gasteiger partial charge on any atom is 0.257 e. The quantitative estimate of drug-likeness (QED) is 0.763. The van der Waals surface area contributed by atoms with E-state index in [1.165, 1.54) is 11.3 Å². The van der Waals surface area contributed by atoms with Crippen molar-refractivity contribution in [2.45, 2.75) is 12.8 Å². The second kappa shape index (κ2) is 6.76. The summed E-state index contributed by atoms with van der Waals surface area (Å²) in [4.78, 5) is 30.7. The van der Waals surface area contributed by atoms with E-state index in [4.69, 9.17) is 4.74 Å². The molecule has 0 unspecified atom stereocenters. The van der Waals surface area contributed by atoms with E-state index in [1.54, 1.807) is 30.2 Å². The molecule has 1 aliphatic heterocycles. The SMILES string of the molecule is COc1ccc2nc(NC(=O)c3cccc(N4CCCC4=O)c3)sc2c1. The van der Waals surface area contributed by atoms with Gasteiger partial charge >= 0.3 is 0 Å². The van der Waals surface area contributed by atoms with E-state index >= 15 is 0 Å². The predicted molar refractivity (Wildman–Crippen MR) is 102 cm³/mol. The zero-order valence-electron chi connectivity index (χ0n) is 14.2. The number of carbonyl (C=O) groups is 2. The molecule has 26 heavy (non-hydrogen) atoms. The molecule has 0 saturated carbocycles. The van der Waals surface area contributed by atoms with E-state index < -0.39 is 0 Å². The number of methoxy groups -OCH3 is 1. The number of carbonyl (C=O) groups excluding carboxylic acids is 2. The first-order valence-corrected chi connectivity index (χ1v) is 9.12. The van der Waals surface area contributed by atoms with Crippen LogP contribution in [0.1, 0.15) is 23.2 Å². The summed E-state index contributed by atoms with van der Waals surface area (Å²) in [5.41, 5.74) is 2.07. The van der Waals surface area contributed by atoms with Crippen LogP contribution in [-0.4, -0.2) is 30.5 Å². The molecule has 1 aliphatic rings. The van der Waals surface area contributed by atoms with Crippen LogP contribution in [0.4, 0.5) is 10.8 Å². The van der Waals surface area contributed by atoms with Gasteiger partial charge in [0.15, 0.2) is 5.13 Å². The second-order valence-corrected chi connectivity index (χ2v) is 7.04. The molecular weight excluding hydrogens is 350 g/mol. The summed E-state index contributed by atoms with van der Waals surface area (Å²) in [7, 11) is 1.61. The monoisotopic (exact) mass is 367 g/mol. The highest BCUT2D eigenvalue weighted by Crippen LogP contribution is 2.29. The van der Waals surface area contributed by atoms with Gasteiger partial charge in [0.05, 0.1) is 17.3 Å². The molecule has 4 rings (SSSR count). The average Bonchev–Trinajstić information content (AvgIpc) is 3.26. The van der Waals surface area contributed by atoms with Crippen molar-refractivity contribution in [3.63, 3.8) is 0 Å². The number of rotatable bonds is 4. The van der Waals surface area contributed by atoms with Crippen LogP contribution < -0.4 is 15.0 Å². The fraction of sp³-hybridized carbons (Fsp3) is 0.211. The summed E-state index contributed by atoms with van der Waals surface area (Å²) in [5.74, 6) is 0.606. The third-order valence-electron chi connectivity index (χ3n) is 4.31. The number of ether oxygens (including phenoxy) is 1. The van der Waals surface area contributed by atoms with Crippen molar-refractivity contribution < 1.29 is 14.3 Å². The molecule has 132 valence electrons. The smallest absolute Gasteiger partial charge is 0.257 e. The Balaban J connectivity index is 1.55. The Hall–Kier alpha value is -2.93. The lowest BCUT2D eigenvalue weighted by molar-refractivity contribution is -0.117. The highest BCUT2D eigenvalue weighted by Gasteiger charge is 2.22. The molecule has 6 nitrogen and oxygen atoms in total. The standard InChI is InChI=1S/C19H17N3O3S/c1-25-14-7-8-15-16(11-14)26-19(20-15)21-18(24)12-4-2-5-13(10-12)22-9-3-6-17(22)23/h2,4-5,7-8,10-11H,3,6,9H2,1H3,(H,20,21,24). The zero-order chi connectivity index (χ0) is 18.1. The largest absolute Gasteiger partial charge is 0.497 e. The van der Waals surface area contributed by atoms with E-state index in [-0.39, 0.29) is 11.8 Å². The van der Waals surface area contributed by atoms with Gasteiger partial charge in [-0.15, -0.1) is 0 Å². The Morgan fingerprint density at radius 3 is 2.92 bits per heavy atom. The number of thiazole rings is 1. The maximum atomic E-state index is 12.6. The van der Waals surface area contributed by atoms with Crippen LogP contribution in [0.3, 0.4) is 0 Å². The van der Waals surface area contributed by atoms with Crippen molar-refractivity contribution in [2.24, 2.45) is 0 Å². The normalized spacial score (nSPS) is 14.0. The van der Waals surface area contributed by atoms with Crippen LogP contribution >= 0.6 is 11.3 Å². The van der Waals surface area contributed by atoms with Crippen LogP contribution in [0.5, 0.6) is 5.75 Å². The highest BCUT2D eigenvalue weighted by atomic mass is 32.1. The van der Waals surface area contributed by atoms with Gasteiger partial charge < -0.3 is 9.64 Å². The van der Waals surface area contributed by atoms with Crippen LogP contribution in [0.2, 0.25) is 0 Å². The lowest BCUT2D eigenvalue weighted by Crippen LogP contribution is -2.24. The van der Waals surface area contributed by atoms with E-state index in [0.717, 1.165) is 28.1 Å². The van der Waals surface area contributed by atoms with Gasteiger partial charge in [0.25, 0.3) is 5.91 Å². The summed E-state index contributed by atoms with van der Waals surface area (Å²) < 4.78 is 6.15. The predicted octanol–water partition coefficient (Wildman–Crippen LogP) is 3.68. The molecule has 2 aromatic carbocycles. The fourth-order valence-corrected chi connectivity index (χ4v) is 3.88. The molecule has 1 fully saturated rings.